The van der Waals surface area contributed by atoms with Crippen LogP contribution in [0.5, 0.6) is 5.88 Å². The molecule has 0 spiro atoms. The van der Waals surface area contributed by atoms with E-state index in [1.54, 1.807) is 50.9 Å². The van der Waals surface area contributed by atoms with E-state index in [0.29, 0.717) is 22.6 Å². The highest BCUT2D eigenvalue weighted by molar-refractivity contribution is 6.29. The Labute approximate surface area is 185 Å². The molecule has 0 radical (unpaired) electrons. The van der Waals surface area contributed by atoms with Crippen LogP contribution < -0.4 is 20.3 Å². The minimum absolute atomic E-state index is 0.0558. The summed E-state index contributed by atoms with van der Waals surface area (Å²) < 4.78 is 10.9. The van der Waals surface area contributed by atoms with E-state index in [-0.39, 0.29) is 24.2 Å². The Morgan fingerprint density at radius 3 is 2.77 bits per heavy atom. The van der Waals surface area contributed by atoms with Crippen LogP contribution in [0.1, 0.15) is 38.3 Å². The average molecular weight is 452 g/mol. The molecule has 3 rings (SSSR count). The number of halogens is 1. The minimum atomic E-state index is -1.25. The molecule has 0 aliphatic carbocycles. The first-order valence-electron chi connectivity index (χ1n) is 9.70. The number of aliphatic hydroxyl groups excluding tert-OH is 2. The highest BCUT2D eigenvalue weighted by atomic mass is 35.5. The van der Waals surface area contributed by atoms with Crippen LogP contribution in [0.4, 0.5) is 16.2 Å². The summed E-state index contributed by atoms with van der Waals surface area (Å²) in [6.07, 6.45) is -1.41. The van der Waals surface area contributed by atoms with Crippen molar-refractivity contribution in [1.82, 2.24) is 20.6 Å². The second-order valence-electron chi connectivity index (χ2n) is 7.88. The molecule has 0 fully saturated rings. The van der Waals surface area contributed by atoms with E-state index in [0.717, 1.165) is 0 Å². The zero-order valence-electron chi connectivity index (χ0n) is 17.7. The number of anilines is 2. The largest absolute Gasteiger partial charge is 0.475 e. The number of carbonyl (C=O) groups excluding carboxylic acids is 1. The molecule has 2 atom stereocenters. The number of pyridine rings is 2. The summed E-state index contributed by atoms with van der Waals surface area (Å²) in [5, 5.41) is 26.5. The molecule has 1 amide bonds. The molecular formula is C20H26ClN5O5. The summed E-state index contributed by atoms with van der Waals surface area (Å²) >= 11 is 6.20. The zero-order valence-corrected chi connectivity index (χ0v) is 18.5. The second-order valence-corrected chi connectivity index (χ2v) is 8.27. The van der Waals surface area contributed by atoms with Crippen molar-refractivity contribution >= 4 is 29.1 Å². The third-order valence-electron chi connectivity index (χ3n) is 4.30. The Bertz CT molecular complexity index is 952. The summed E-state index contributed by atoms with van der Waals surface area (Å²) in [5.41, 5.74) is 1.40. The van der Waals surface area contributed by atoms with E-state index in [4.69, 9.17) is 21.1 Å². The highest BCUT2D eigenvalue weighted by Gasteiger charge is 2.35. The molecule has 168 valence electrons. The fourth-order valence-corrected chi connectivity index (χ4v) is 3.27. The molecule has 11 heteroatoms. The van der Waals surface area contributed by atoms with Crippen LogP contribution in [0.3, 0.4) is 0 Å². The normalized spacial score (nSPS) is 18.4. The number of hydrogen-bond acceptors (Lipinski definition) is 9. The van der Waals surface area contributed by atoms with Crippen LogP contribution in [-0.2, 0) is 4.74 Å². The van der Waals surface area contributed by atoms with Gasteiger partial charge in [0.05, 0.1) is 29.2 Å². The lowest BCUT2D eigenvalue weighted by atomic mass is 10.1. The molecule has 3 heterocycles. The maximum atomic E-state index is 11.8. The lowest BCUT2D eigenvalue weighted by Crippen LogP contribution is -2.49. The molecule has 1 aliphatic rings. The first kappa shape index (κ1) is 23.0. The van der Waals surface area contributed by atoms with Crippen molar-refractivity contribution in [3.05, 3.63) is 40.8 Å². The van der Waals surface area contributed by atoms with Crippen LogP contribution in [0.25, 0.3) is 0 Å². The van der Waals surface area contributed by atoms with Crippen LogP contribution in [0.15, 0.2) is 24.4 Å². The van der Waals surface area contributed by atoms with Gasteiger partial charge in [0.2, 0.25) is 5.88 Å². The standard InChI is InChI=1S/C20H26ClN5O5/c1-11-12(6-5-7-22-11)26-13-10-14(21)24-17(15(13)16(27)25-18(26)28)30-9-8-23-19(29)31-20(2,3)4/h5-7,10,16,18,25,27-28H,8-9H2,1-4H3,(H,23,29). The van der Waals surface area contributed by atoms with Gasteiger partial charge in [0.25, 0.3) is 0 Å². The van der Waals surface area contributed by atoms with Gasteiger partial charge in [-0.1, -0.05) is 11.6 Å². The van der Waals surface area contributed by atoms with Crippen LogP contribution >= 0.6 is 11.6 Å². The number of ether oxygens (including phenoxy) is 2. The maximum Gasteiger partial charge on any atom is 0.407 e. The number of aliphatic hydroxyl groups is 2. The first-order chi connectivity index (χ1) is 14.6. The maximum absolute atomic E-state index is 11.8. The van der Waals surface area contributed by atoms with Crippen molar-refractivity contribution in [1.29, 1.82) is 0 Å². The fourth-order valence-electron chi connectivity index (χ4n) is 3.09. The number of carbonyl (C=O) groups is 1. The molecule has 10 nitrogen and oxygen atoms in total. The summed E-state index contributed by atoms with van der Waals surface area (Å²) in [6, 6.07) is 5.05. The number of rotatable bonds is 5. The van der Waals surface area contributed by atoms with E-state index >= 15 is 0 Å². The van der Waals surface area contributed by atoms with Gasteiger partial charge in [-0.25, -0.2) is 15.1 Å². The van der Waals surface area contributed by atoms with E-state index in [2.05, 4.69) is 20.6 Å². The van der Waals surface area contributed by atoms with Crippen LogP contribution in [0, 0.1) is 6.92 Å². The molecule has 2 aromatic rings. The van der Waals surface area contributed by atoms with Crippen molar-refractivity contribution < 1.29 is 24.5 Å². The summed E-state index contributed by atoms with van der Waals surface area (Å²) in [6.45, 7) is 7.31. The zero-order chi connectivity index (χ0) is 22.8. The third-order valence-corrected chi connectivity index (χ3v) is 4.50. The summed E-state index contributed by atoms with van der Waals surface area (Å²) in [4.78, 5) is 21.7. The van der Waals surface area contributed by atoms with E-state index in [9.17, 15) is 15.0 Å². The molecule has 1 aliphatic heterocycles. The number of hydrogen-bond donors (Lipinski definition) is 4. The number of aryl methyl sites for hydroxylation is 1. The van der Waals surface area contributed by atoms with Gasteiger partial charge in [-0.15, -0.1) is 0 Å². The smallest absolute Gasteiger partial charge is 0.407 e. The molecule has 2 unspecified atom stereocenters. The Kier molecular flexibility index (Phi) is 6.85. The fraction of sp³-hybridized carbons (Fsp3) is 0.450. The molecule has 31 heavy (non-hydrogen) atoms. The van der Waals surface area contributed by atoms with Crippen molar-refractivity contribution in [2.24, 2.45) is 0 Å². The third kappa shape index (κ3) is 5.53. The van der Waals surface area contributed by atoms with Crippen molar-refractivity contribution in [2.75, 3.05) is 18.1 Å². The van der Waals surface area contributed by atoms with Crippen LogP contribution in [-0.4, -0.2) is 51.4 Å². The minimum Gasteiger partial charge on any atom is -0.475 e. The van der Waals surface area contributed by atoms with E-state index in [1.165, 1.54) is 6.07 Å². The Morgan fingerprint density at radius 2 is 2.10 bits per heavy atom. The molecular weight excluding hydrogens is 426 g/mol. The number of nitrogens with zero attached hydrogens (tertiary/aromatic N) is 3. The molecule has 0 saturated carbocycles. The SMILES string of the molecule is Cc1ncccc1N1c2cc(Cl)nc(OCCNC(=O)OC(C)(C)C)c2C(O)NC1O. The van der Waals surface area contributed by atoms with Crippen molar-refractivity contribution in [3.63, 3.8) is 0 Å². The Hall–Kier alpha value is -2.66. The lowest BCUT2D eigenvalue weighted by molar-refractivity contribution is 0.0334. The van der Waals surface area contributed by atoms with E-state index in [1.807, 2.05) is 0 Å². The van der Waals surface area contributed by atoms with Crippen molar-refractivity contribution in [2.45, 2.75) is 45.9 Å². The van der Waals surface area contributed by atoms with Gasteiger partial charge < -0.3 is 29.9 Å². The van der Waals surface area contributed by atoms with Crippen LogP contribution in [0.2, 0.25) is 5.15 Å². The highest BCUT2D eigenvalue weighted by Crippen LogP contribution is 2.42. The number of aromatic nitrogens is 2. The lowest BCUT2D eigenvalue weighted by Gasteiger charge is -2.39. The number of nitrogens with one attached hydrogen (secondary N) is 2. The molecule has 2 aromatic heterocycles. The topological polar surface area (TPSA) is 129 Å². The predicted molar refractivity (Wildman–Crippen MR) is 114 cm³/mol. The summed E-state index contributed by atoms with van der Waals surface area (Å²) in [7, 11) is 0. The van der Waals surface area contributed by atoms with Gasteiger partial charge in [0.15, 0.2) is 6.35 Å². The first-order valence-corrected chi connectivity index (χ1v) is 10.1. The Morgan fingerprint density at radius 1 is 1.35 bits per heavy atom. The predicted octanol–water partition coefficient (Wildman–Crippen LogP) is 2.35. The molecule has 0 aromatic carbocycles. The van der Waals surface area contributed by atoms with Gasteiger partial charge in [-0.3, -0.25) is 4.98 Å². The molecule has 0 bridgehead atoms. The van der Waals surface area contributed by atoms with Gasteiger partial charge in [0, 0.05) is 12.3 Å². The molecule has 0 saturated heterocycles. The monoisotopic (exact) mass is 451 g/mol. The van der Waals surface area contributed by atoms with Gasteiger partial charge in [-0.05, 0) is 39.8 Å². The second kappa shape index (κ2) is 9.23. The van der Waals surface area contributed by atoms with Gasteiger partial charge in [-0.2, -0.15) is 0 Å². The molecule has 4 N–H and O–H groups in total. The quantitative estimate of drug-likeness (QED) is 0.399. The van der Waals surface area contributed by atoms with Gasteiger partial charge >= 0.3 is 6.09 Å². The summed E-state index contributed by atoms with van der Waals surface area (Å²) in [5.74, 6) is 0.0759. The Balaban J connectivity index is 1.82. The average Bonchev–Trinajstić information content (AvgIpc) is 2.64. The number of fused-ring (bicyclic) bond motifs is 1. The number of amides is 1. The van der Waals surface area contributed by atoms with E-state index < -0.39 is 24.3 Å². The van der Waals surface area contributed by atoms with Crippen molar-refractivity contribution in [3.8, 4) is 5.88 Å². The van der Waals surface area contributed by atoms with Gasteiger partial charge in [0.1, 0.15) is 23.6 Å². The number of alkyl carbamates (subject to hydrolysis) is 1.